The van der Waals surface area contributed by atoms with Crippen LogP contribution in [0.25, 0.3) is 11.3 Å². The Labute approximate surface area is 177 Å². The molecule has 0 unspecified atom stereocenters. The standard InChI is InChI=1S/C25H29N3O2/c1-15-10-16(2)23(17(3)11-15)26-22-13-21-19-12-18(30-7)8-9-20(19)25(4,5)14-28(21)24(29)27(22)6/h8-13H,14H2,1-7H3/b26-22-. The Kier molecular flexibility index (Phi) is 4.72. The fourth-order valence-electron chi connectivity index (χ4n) is 4.56. The summed E-state index contributed by atoms with van der Waals surface area (Å²) in [4.78, 5) is 18.3. The number of hydrogen-bond donors (Lipinski definition) is 0. The van der Waals surface area contributed by atoms with Gasteiger partial charge in [0.05, 0.1) is 18.5 Å². The van der Waals surface area contributed by atoms with Crippen molar-refractivity contribution in [2.75, 3.05) is 7.11 Å². The molecule has 2 aromatic carbocycles. The first-order valence-corrected chi connectivity index (χ1v) is 10.2. The van der Waals surface area contributed by atoms with Gasteiger partial charge in [0.1, 0.15) is 11.2 Å². The lowest BCUT2D eigenvalue weighted by Gasteiger charge is -2.35. The summed E-state index contributed by atoms with van der Waals surface area (Å²) in [5.41, 5.74) is 7.89. The first-order chi connectivity index (χ1) is 14.1. The number of fused-ring (bicyclic) bond motifs is 3. The van der Waals surface area contributed by atoms with Crippen LogP contribution in [0.4, 0.5) is 5.69 Å². The molecule has 1 aromatic heterocycles. The second-order valence-corrected chi connectivity index (χ2v) is 8.97. The summed E-state index contributed by atoms with van der Waals surface area (Å²) in [5.74, 6) is 0.780. The second-order valence-electron chi connectivity index (χ2n) is 8.97. The SMILES string of the molecule is COc1ccc2c(c1)-c1c/c(=N/c3c(C)cc(C)cc3C)n(C)c(=O)n1CC2(C)C. The largest absolute Gasteiger partial charge is 0.497 e. The van der Waals surface area contributed by atoms with Gasteiger partial charge in [0.15, 0.2) is 0 Å². The third-order valence-electron chi connectivity index (χ3n) is 6.07. The zero-order chi connectivity index (χ0) is 21.8. The Morgan fingerprint density at radius 2 is 1.70 bits per heavy atom. The number of aromatic nitrogens is 2. The molecule has 0 bridgehead atoms. The maximum Gasteiger partial charge on any atom is 0.329 e. The summed E-state index contributed by atoms with van der Waals surface area (Å²) in [5, 5.41) is 0. The molecule has 1 aliphatic rings. The van der Waals surface area contributed by atoms with E-state index in [9.17, 15) is 4.79 Å². The quantitative estimate of drug-likeness (QED) is 0.640. The van der Waals surface area contributed by atoms with Crippen LogP contribution in [0.15, 0.2) is 46.2 Å². The van der Waals surface area contributed by atoms with E-state index in [1.165, 1.54) is 11.1 Å². The Morgan fingerprint density at radius 1 is 1.03 bits per heavy atom. The Morgan fingerprint density at radius 3 is 2.33 bits per heavy atom. The van der Waals surface area contributed by atoms with Gasteiger partial charge < -0.3 is 4.74 Å². The second kappa shape index (κ2) is 7.01. The van der Waals surface area contributed by atoms with Gasteiger partial charge in [0, 0.05) is 30.6 Å². The molecule has 0 spiro atoms. The third-order valence-corrected chi connectivity index (χ3v) is 6.07. The number of rotatable bonds is 2. The minimum absolute atomic E-state index is 0.0600. The molecule has 0 amide bonds. The topological polar surface area (TPSA) is 48.5 Å². The number of ether oxygens (including phenoxy) is 1. The van der Waals surface area contributed by atoms with Gasteiger partial charge in [-0.25, -0.2) is 9.79 Å². The molecule has 0 saturated heterocycles. The molecule has 5 nitrogen and oxygen atoms in total. The van der Waals surface area contributed by atoms with Gasteiger partial charge in [0.2, 0.25) is 0 Å². The van der Waals surface area contributed by atoms with Crippen LogP contribution in [0, 0.1) is 20.8 Å². The van der Waals surface area contributed by atoms with E-state index >= 15 is 0 Å². The molecule has 2 heterocycles. The average Bonchev–Trinajstić information content (AvgIpc) is 2.68. The Balaban J connectivity index is 2.04. The van der Waals surface area contributed by atoms with E-state index in [0.29, 0.717) is 12.0 Å². The molecule has 156 valence electrons. The highest BCUT2D eigenvalue weighted by Crippen LogP contribution is 2.40. The summed E-state index contributed by atoms with van der Waals surface area (Å²) in [7, 11) is 3.46. The molecule has 0 aliphatic carbocycles. The predicted octanol–water partition coefficient (Wildman–Crippen LogP) is 4.31. The van der Waals surface area contributed by atoms with Gasteiger partial charge in [-0.15, -0.1) is 0 Å². The molecule has 0 radical (unpaired) electrons. The van der Waals surface area contributed by atoms with E-state index in [0.717, 1.165) is 33.8 Å². The molecule has 0 N–H and O–H groups in total. The van der Waals surface area contributed by atoms with Crippen LogP contribution < -0.4 is 15.9 Å². The number of nitrogens with zero attached hydrogens (tertiary/aromatic N) is 3. The lowest BCUT2D eigenvalue weighted by atomic mass is 9.78. The Bertz CT molecular complexity index is 1270. The van der Waals surface area contributed by atoms with Crippen LogP contribution in [0.5, 0.6) is 5.75 Å². The number of benzene rings is 2. The lowest BCUT2D eigenvalue weighted by Crippen LogP contribution is -2.44. The molecular weight excluding hydrogens is 374 g/mol. The van der Waals surface area contributed by atoms with E-state index in [1.807, 2.05) is 22.8 Å². The van der Waals surface area contributed by atoms with Crippen molar-refractivity contribution in [1.29, 1.82) is 0 Å². The van der Waals surface area contributed by atoms with Gasteiger partial charge in [0.25, 0.3) is 0 Å². The van der Waals surface area contributed by atoms with Crippen molar-refractivity contribution in [1.82, 2.24) is 9.13 Å². The van der Waals surface area contributed by atoms with E-state index < -0.39 is 0 Å². The minimum Gasteiger partial charge on any atom is -0.497 e. The lowest BCUT2D eigenvalue weighted by molar-refractivity contribution is 0.398. The van der Waals surface area contributed by atoms with Gasteiger partial charge in [-0.2, -0.15) is 0 Å². The zero-order valence-corrected chi connectivity index (χ0v) is 18.8. The van der Waals surface area contributed by atoms with E-state index in [2.05, 4.69) is 52.8 Å². The Hall–Kier alpha value is -3.08. The molecule has 0 saturated carbocycles. The highest BCUT2D eigenvalue weighted by molar-refractivity contribution is 5.69. The molecule has 0 atom stereocenters. The first kappa shape index (κ1) is 20.2. The summed E-state index contributed by atoms with van der Waals surface area (Å²) in [6.07, 6.45) is 0. The summed E-state index contributed by atoms with van der Waals surface area (Å²) in [6.45, 7) is 11.2. The average molecular weight is 404 g/mol. The molecule has 1 aliphatic heterocycles. The van der Waals surface area contributed by atoms with Crippen molar-refractivity contribution in [3.63, 3.8) is 0 Å². The van der Waals surface area contributed by atoms with Crippen LogP contribution in [0.1, 0.15) is 36.1 Å². The van der Waals surface area contributed by atoms with Crippen molar-refractivity contribution in [3.8, 4) is 17.0 Å². The maximum absolute atomic E-state index is 13.3. The maximum atomic E-state index is 13.3. The number of hydrogen-bond acceptors (Lipinski definition) is 3. The minimum atomic E-state index is -0.159. The van der Waals surface area contributed by atoms with E-state index in [4.69, 9.17) is 9.73 Å². The molecule has 0 fully saturated rings. The van der Waals surface area contributed by atoms with E-state index in [-0.39, 0.29) is 11.1 Å². The summed E-state index contributed by atoms with van der Waals surface area (Å²) in [6, 6.07) is 12.4. The van der Waals surface area contributed by atoms with Crippen molar-refractivity contribution in [2.24, 2.45) is 12.0 Å². The van der Waals surface area contributed by atoms with Crippen molar-refractivity contribution < 1.29 is 4.74 Å². The molecule has 5 heteroatoms. The number of aryl methyl sites for hydroxylation is 3. The normalized spacial score (nSPS) is 15.0. The van der Waals surface area contributed by atoms with E-state index in [1.54, 1.807) is 18.7 Å². The molecule has 4 rings (SSSR count). The summed E-state index contributed by atoms with van der Waals surface area (Å²) < 4.78 is 8.97. The smallest absolute Gasteiger partial charge is 0.329 e. The van der Waals surface area contributed by atoms with Crippen LogP contribution in [-0.2, 0) is 19.0 Å². The monoisotopic (exact) mass is 403 g/mol. The van der Waals surface area contributed by atoms with Crippen LogP contribution in [0.3, 0.4) is 0 Å². The van der Waals surface area contributed by atoms with Crippen molar-refractivity contribution in [2.45, 2.75) is 46.6 Å². The fraction of sp³-hybridized carbons (Fsp3) is 0.360. The molecule has 30 heavy (non-hydrogen) atoms. The van der Waals surface area contributed by atoms with Gasteiger partial charge >= 0.3 is 5.69 Å². The van der Waals surface area contributed by atoms with Crippen LogP contribution >= 0.6 is 0 Å². The van der Waals surface area contributed by atoms with Gasteiger partial charge in [-0.05, 0) is 49.6 Å². The first-order valence-electron chi connectivity index (χ1n) is 10.2. The molecule has 3 aromatic rings. The van der Waals surface area contributed by atoms with Crippen molar-refractivity contribution >= 4 is 5.69 Å². The van der Waals surface area contributed by atoms with Crippen molar-refractivity contribution in [3.05, 3.63) is 74.6 Å². The highest BCUT2D eigenvalue weighted by Gasteiger charge is 2.32. The third kappa shape index (κ3) is 3.18. The summed E-state index contributed by atoms with van der Waals surface area (Å²) >= 11 is 0. The van der Waals surface area contributed by atoms with Crippen LogP contribution in [0.2, 0.25) is 0 Å². The fourth-order valence-corrected chi connectivity index (χ4v) is 4.56. The van der Waals surface area contributed by atoms with Gasteiger partial charge in [-0.1, -0.05) is 37.6 Å². The van der Waals surface area contributed by atoms with Crippen LogP contribution in [-0.4, -0.2) is 16.2 Å². The zero-order valence-electron chi connectivity index (χ0n) is 18.8. The highest BCUT2D eigenvalue weighted by atomic mass is 16.5. The predicted molar refractivity (Wildman–Crippen MR) is 121 cm³/mol. The van der Waals surface area contributed by atoms with Gasteiger partial charge in [-0.3, -0.25) is 9.13 Å². The molecular formula is C25H29N3O2. The number of methoxy groups -OCH3 is 1.